The Morgan fingerprint density at radius 2 is 1.77 bits per heavy atom. The fourth-order valence-corrected chi connectivity index (χ4v) is 2.05. The number of carbonyl (C=O) groups is 1. The molecule has 0 spiro atoms. The smallest absolute Gasteiger partial charge is 0.194 e. The summed E-state index contributed by atoms with van der Waals surface area (Å²) in [5.41, 5.74) is 1.03. The zero-order valence-corrected chi connectivity index (χ0v) is 13.6. The van der Waals surface area contributed by atoms with Gasteiger partial charge in [-0.05, 0) is 32.3 Å². The van der Waals surface area contributed by atoms with Crippen molar-refractivity contribution in [3.8, 4) is 0 Å². The number of benzene rings is 1. The number of aryl methyl sites for hydroxylation is 1. The van der Waals surface area contributed by atoms with Crippen LogP contribution in [0.3, 0.4) is 0 Å². The molecule has 0 aromatic heterocycles. The molecule has 22 heavy (non-hydrogen) atoms. The number of ether oxygens (including phenoxy) is 2. The lowest BCUT2D eigenvalue weighted by Gasteiger charge is -2.23. The van der Waals surface area contributed by atoms with Crippen molar-refractivity contribution in [3.05, 3.63) is 60.7 Å². The van der Waals surface area contributed by atoms with Crippen LogP contribution in [0.1, 0.15) is 36.2 Å². The Morgan fingerprint density at radius 1 is 1.14 bits per heavy atom. The molecule has 0 unspecified atom stereocenters. The molecule has 0 aliphatic heterocycles. The SMILES string of the molecule is C=CCOCCCc1ccc(C(=O)C(C)(C)OCC=C)cc1. The molecule has 0 N–H and O–H groups in total. The van der Waals surface area contributed by atoms with Gasteiger partial charge in [0.2, 0.25) is 0 Å². The highest BCUT2D eigenvalue weighted by Crippen LogP contribution is 2.18. The summed E-state index contributed by atoms with van der Waals surface area (Å²) in [5, 5.41) is 0. The lowest BCUT2D eigenvalue weighted by Crippen LogP contribution is -2.35. The van der Waals surface area contributed by atoms with Gasteiger partial charge in [0.1, 0.15) is 5.60 Å². The monoisotopic (exact) mass is 302 g/mol. The van der Waals surface area contributed by atoms with E-state index < -0.39 is 5.60 Å². The van der Waals surface area contributed by atoms with Crippen LogP contribution in [0.4, 0.5) is 0 Å². The van der Waals surface area contributed by atoms with Gasteiger partial charge in [-0.25, -0.2) is 0 Å². The average Bonchev–Trinajstić information content (AvgIpc) is 2.52. The Hall–Kier alpha value is -1.71. The summed E-state index contributed by atoms with van der Waals surface area (Å²) >= 11 is 0. The van der Waals surface area contributed by atoms with Crippen LogP contribution in [0.2, 0.25) is 0 Å². The second-order valence-electron chi connectivity index (χ2n) is 5.60. The highest BCUT2D eigenvalue weighted by molar-refractivity contribution is 6.02. The van der Waals surface area contributed by atoms with Gasteiger partial charge in [-0.15, -0.1) is 13.2 Å². The molecule has 0 saturated carbocycles. The van der Waals surface area contributed by atoms with Crippen molar-refractivity contribution in [2.45, 2.75) is 32.3 Å². The Bertz CT molecular complexity index is 486. The number of Topliss-reactive ketones (excluding diaryl/α,β-unsaturated/α-hetero) is 1. The second-order valence-corrected chi connectivity index (χ2v) is 5.60. The van der Waals surface area contributed by atoms with E-state index in [1.165, 1.54) is 5.56 Å². The van der Waals surface area contributed by atoms with Crippen LogP contribution in [0.25, 0.3) is 0 Å². The molecular formula is C19H26O3. The number of carbonyl (C=O) groups excluding carboxylic acids is 1. The van der Waals surface area contributed by atoms with E-state index in [1.807, 2.05) is 24.3 Å². The Kier molecular flexibility index (Phi) is 7.78. The van der Waals surface area contributed by atoms with E-state index in [4.69, 9.17) is 9.47 Å². The Morgan fingerprint density at radius 3 is 2.36 bits per heavy atom. The van der Waals surface area contributed by atoms with Gasteiger partial charge in [0.25, 0.3) is 0 Å². The van der Waals surface area contributed by atoms with E-state index in [0.717, 1.165) is 19.4 Å². The minimum Gasteiger partial charge on any atom is -0.377 e. The van der Waals surface area contributed by atoms with Crippen LogP contribution in [0, 0.1) is 0 Å². The highest BCUT2D eigenvalue weighted by atomic mass is 16.5. The third kappa shape index (κ3) is 5.96. The van der Waals surface area contributed by atoms with Crippen molar-refractivity contribution in [3.63, 3.8) is 0 Å². The standard InChI is InChI=1S/C19H26O3/c1-5-13-21-15-7-8-16-9-11-17(12-10-16)18(20)19(3,4)22-14-6-2/h5-6,9-12H,1-2,7-8,13-15H2,3-4H3. The molecule has 0 bridgehead atoms. The lowest BCUT2D eigenvalue weighted by molar-refractivity contribution is 0.00787. The quantitative estimate of drug-likeness (QED) is 0.352. The van der Waals surface area contributed by atoms with Crippen molar-refractivity contribution < 1.29 is 14.3 Å². The summed E-state index contributed by atoms with van der Waals surface area (Å²) in [6, 6.07) is 7.71. The molecule has 1 aromatic carbocycles. The van der Waals surface area contributed by atoms with Crippen LogP contribution in [-0.2, 0) is 15.9 Å². The molecule has 3 nitrogen and oxygen atoms in total. The molecule has 1 rings (SSSR count). The molecule has 3 heteroatoms. The van der Waals surface area contributed by atoms with Crippen molar-refractivity contribution >= 4 is 5.78 Å². The Balaban J connectivity index is 2.54. The molecule has 0 amide bonds. The summed E-state index contributed by atoms with van der Waals surface area (Å²) in [6.07, 6.45) is 5.28. The van der Waals surface area contributed by atoms with E-state index in [2.05, 4.69) is 13.2 Å². The topological polar surface area (TPSA) is 35.5 Å². The summed E-state index contributed by atoms with van der Waals surface area (Å²) in [7, 11) is 0. The first-order valence-electron chi connectivity index (χ1n) is 7.58. The van der Waals surface area contributed by atoms with E-state index in [0.29, 0.717) is 18.8 Å². The maximum atomic E-state index is 12.4. The van der Waals surface area contributed by atoms with E-state index in [9.17, 15) is 4.79 Å². The zero-order chi connectivity index (χ0) is 16.4. The first-order chi connectivity index (χ1) is 10.5. The van der Waals surface area contributed by atoms with Crippen molar-refractivity contribution in [1.82, 2.24) is 0 Å². The molecule has 0 aliphatic rings. The number of hydrogen-bond acceptors (Lipinski definition) is 3. The van der Waals surface area contributed by atoms with Gasteiger partial charge in [0.05, 0.1) is 13.2 Å². The Labute approximate surface area is 133 Å². The van der Waals surface area contributed by atoms with E-state index in [-0.39, 0.29) is 5.78 Å². The summed E-state index contributed by atoms with van der Waals surface area (Å²) in [4.78, 5) is 12.4. The lowest BCUT2D eigenvalue weighted by atomic mass is 9.95. The molecule has 0 atom stereocenters. The largest absolute Gasteiger partial charge is 0.377 e. The maximum absolute atomic E-state index is 12.4. The molecule has 120 valence electrons. The van der Waals surface area contributed by atoms with Gasteiger partial charge in [-0.3, -0.25) is 4.79 Å². The van der Waals surface area contributed by atoms with Crippen LogP contribution in [0.5, 0.6) is 0 Å². The maximum Gasteiger partial charge on any atom is 0.194 e. The minimum atomic E-state index is -0.839. The third-order valence-corrected chi connectivity index (χ3v) is 3.31. The van der Waals surface area contributed by atoms with Gasteiger partial charge in [-0.1, -0.05) is 36.4 Å². The molecule has 0 fully saturated rings. The average molecular weight is 302 g/mol. The predicted molar refractivity (Wildman–Crippen MR) is 90.3 cm³/mol. The summed E-state index contributed by atoms with van der Waals surface area (Å²) < 4.78 is 10.9. The van der Waals surface area contributed by atoms with Crippen LogP contribution in [0.15, 0.2) is 49.6 Å². The summed E-state index contributed by atoms with van der Waals surface area (Å²) in [6.45, 7) is 12.4. The van der Waals surface area contributed by atoms with Crippen molar-refractivity contribution in [1.29, 1.82) is 0 Å². The molecule has 0 radical (unpaired) electrons. The van der Waals surface area contributed by atoms with Gasteiger partial charge < -0.3 is 9.47 Å². The molecule has 0 aliphatic carbocycles. The van der Waals surface area contributed by atoms with E-state index >= 15 is 0 Å². The first-order valence-corrected chi connectivity index (χ1v) is 7.58. The normalized spacial score (nSPS) is 11.2. The first kappa shape index (κ1) is 18.3. The van der Waals surface area contributed by atoms with Gasteiger partial charge >= 0.3 is 0 Å². The fraction of sp³-hybridized carbons (Fsp3) is 0.421. The number of hydrogen-bond donors (Lipinski definition) is 0. The molecular weight excluding hydrogens is 276 g/mol. The van der Waals surface area contributed by atoms with Crippen molar-refractivity contribution in [2.24, 2.45) is 0 Å². The predicted octanol–water partition coefficient (Wildman–Crippen LogP) is 3.99. The second kappa shape index (κ2) is 9.34. The van der Waals surface area contributed by atoms with Gasteiger partial charge in [0, 0.05) is 12.2 Å². The van der Waals surface area contributed by atoms with E-state index in [1.54, 1.807) is 26.0 Å². The number of ketones is 1. The third-order valence-electron chi connectivity index (χ3n) is 3.31. The minimum absolute atomic E-state index is 0.0183. The molecule has 0 heterocycles. The van der Waals surface area contributed by atoms with Gasteiger partial charge in [-0.2, -0.15) is 0 Å². The molecule has 1 aromatic rings. The van der Waals surface area contributed by atoms with Crippen LogP contribution < -0.4 is 0 Å². The summed E-state index contributed by atoms with van der Waals surface area (Å²) in [5.74, 6) is -0.0183. The highest BCUT2D eigenvalue weighted by Gasteiger charge is 2.28. The van der Waals surface area contributed by atoms with Gasteiger partial charge in [0.15, 0.2) is 5.78 Å². The van der Waals surface area contributed by atoms with Crippen LogP contribution in [-0.4, -0.2) is 31.2 Å². The van der Waals surface area contributed by atoms with Crippen molar-refractivity contribution in [2.75, 3.05) is 19.8 Å². The molecule has 0 saturated heterocycles. The number of rotatable bonds is 11. The fourth-order valence-electron chi connectivity index (χ4n) is 2.05. The zero-order valence-electron chi connectivity index (χ0n) is 13.6. The van der Waals surface area contributed by atoms with Crippen LogP contribution >= 0.6 is 0 Å².